The molecule has 0 radical (unpaired) electrons. The highest BCUT2D eigenvalue weighted by molar-refractivity contribution is 7.08. The van der Waals surface area contributed by atoms with Crippen LogP contribution >= 0.6 is 11.5 Å². The fourth-order valence-corrected chi connectivity index (χ4v) is 4.64. The summed E-state index contributed by atoms with van der Waals surface area (Å²) in [5.41, 5.74) is 1.68. The van der Waals surface area contributed by atoms with Crippen molar-refractivity contribution in [1.29, 1.82) is 0 Å². The quantitative estimate of drug-likeness (QED) is 0.638. The number of amides is 1. The molecule has 156 valence electrons. The van der Waals surface area contributed by atoms with Gasteiger partial charge in [-0.25, -0.2) is 4.39 Å². The fraction of sp³-hybridized carbons (Fsp3) is 0.524. The summed E-state index contributed by atoms with van der Waals surface area (Å²) in [6, 6.07) is 6.34. The molecule has 0 spiro atoms. The Bertz CT molecular complexity index is 832. The van der Waals surface area contributed by atoms with Gasteiger partial charge in [0.25, 0.3) is 5.91 Å². The summed E-state index contributed by atoms with van der Waals surface area (Å²) in [4.78, 5) is 27.5. The molecule has 1 saturated heterocycles. The number of rotatable bonds is 7. The van der Waals surface area contributed by atoms with E-state index in [4.69, 9.17) is 4.74 Å². The summed E-state index contributed by atoms with van der Waals surface area (Å²) >= 11 is 1.15. The van der Waals surface area contributed by atoms with Crippen LogP contribution in [0.15, 0.2) is 24.3 Å². The number of likely N-dealkylation sites (tertiary alicyclic amines) is 1. The summed E-state index contributed by atoms with van der Waals surface area (Å²) in [6.07, 6.45) is 2.50. The lowest BCUT2D eigenvalue weighted by atomic mass is 9.78. The first kappa shape index (κ1) is 21.4. The van der Waals surface area contributed by atoms with Crippen molar-refractivity contribution in [2.45, 2.75) is 45.4 Å². The van der Waals surface area contributed by atoms with Gasteiger partial charge >= 0.3 is 5.97 Å². The molecular formula is C21H26FN3O3S. The normalized spacial score (nSPS) is 15.9. The van der Waals surface area contributed by atoms with E-state index in [1.54, 1.807) is 19.1 Å². The monoisotopic (exact) mass is 419 g/mol. The first-order valence-electron chi connectivity index (χ1n) is 10.0. The van der Waals surface area contributed by atoms with E-state index in [0.717, 1.165) is 35.6 Å². The minimum absolute atomic E-state index is 0.0148. The molecule has 8 heteroatoms. The molecule has 0 aliphatic carbocycles. The highest BCUT2D eigenvalue weighted by Gasteiger charge is 2.32. The summed E-state index contributed by atoms with van der Waals surface area (Å²) in [5.74, 6) is -0.390. The summed E-state index contributed by atoms with van der Waals surface area (Å²) in [5, 5.41) is 4.03. The van der Waals surface area contributed by atoms with Crippen LogP contribution in [0.1, 0.15) is 60.0 Å². The summed E-state index contributed by atoms with van der Waals surface area (Å²) < 4.78 is 22.4. The third-order valence-electron chi connectivity index (χ3n) is 5.47. The second-order valence-corrected chi connectivity index (χ2v) is 7.95. The molecule has 1 aromatic carbocycles. The van der Waals surface area contributed by atoms with Crippen molar-refractivity contribution >= 4 is 23.4 Å². The van der Waals surface area contributed by atoms with Gasteiger partial charge in [-0.2, -0.15) is 0 Å². The minimum Gasteiger partial charge on any atom is -0.466 e. The molecule has 29 heavy (non-hydrogen) atoms. The number of ether oxygens (including phenoxy) is 1. The van der Waals surface area contributed by atoms with Crippen molar-refractivity contribution in [2.75, 3.05) is 19.7 Å². The number of nitrogens with zero attached hydrogens (tertiary/aromatic N) is 3. The zero-order valence-electron chi connectivity index (χ0n) is 16.8. The molecule has 0 unspecified atom stereocenters. The van der Waals surface area contributed by atoms with Gasteiger partial charge in [0.15, 0.2) is 0 Å². The van der Waals surface area contributed by atoms with E-state index in [2.05, 4.69) is 9.59 Å². The van der Waals surface area contributed by atoms with Gasteiger partial charge in [0.2, 0.25) is 0 Å². The Kier molecular flexibility index (Phi) is 7.30. The van der Waals surface area contributed by atoms with Gasteiger partial charge in [0, 0.05) is 13.1 Å². The fourth-order valence-electron chi connectivity index (χ4n) is 3.92. The van der Waals surface area contributed by atoms with Crippen LogP contribution in [0.3, 0.4) is 0 Å². The summed E-state index contributed by atoms with van der Waals surface area (Å²) in [6.45, 7) is 5.32. The molecule has 1 atom stereocenters. The third-order valence-corrected chi connectivity index (χ3v) is 6.23. The number of benzene rings is 1. The topological polar surface area (TPSA) is 72.4 Å². The molecule has 1 aliphatic heterocycles. The molecule has 3 rings (SSSR count). The zero-order valence-corrected chi connectivity index (χ0v) is 17.6. The molecular weight excluding hydrogens is 393 g/mol. The molecule has 1 aliphatic rings. The summed E-state index contributed by atoms with van der Waals surface area (Å²) in [7, 11) is 0. The molecule has 1 aromatic heterocycles. The number of aryl methyl sites for hydroxylation is 1. The van der Waals surface area contributed by atoms with E-state index in [9.17, 15) is 14.0 Å². The maximum atomic E-state index is 13.4. The van der Waals surface area contributed by atoms with E-state index in [0.29, 0.717) is 31.0 Å². The number of halogens is 1. The highest BCUT2D eigenvalue weighted by Crippen LogP contribution is 2.36. The Morgan fingerprint density at radius 3 is 2.55 bits per heavy atom. The lowest BCUT2D eigenvalue weighted by Gasteiger charge is -2.36. The predicted molar refractivity (Wildman–Crippen MR) is 108 cm³/mol. The Hall–Kier alpha value is -2.35. The van der Waals surface area contributed by atoms with Gasteiger partial charge < -0.3 is 9.64 Å². The molecule has 0 N–H and O–H groups in total. The molecule has 0 saturated carbocycles. The van der Waals surface area contributed by atoms with Crippen LogP contribution in [0, 0.1) is 11.7 Å². The molecule has 1 amide bonds. The molecule has 0 bridgehead atoms. The number of hydrogen-bond acceptors (Lipinski definition) is 6. The average Bonchev–Trinajstić information content (AvgIpc) is 3.21. The van der Waals surface area contributed by atoms with E-state index >= 15 is 0 Å². The average molecular weight is 420 g/mol. The lowest BCUT2D eigenvalue weighted by Crippen LogP contribution is -2.40. The number of piperidine rings is 1. The van der Waals surface area contributed by atoms with Crippen molar-refractivity contribution < 1.29 is 18.7 Å². The van der Waals surface area contributed by atoms with Crippen molar-refractivity contribution in [2.24, 2.45) is 5.92 Å². The van der Waals surface area contributed by atoms with Crippen LogP contribution in [0.5, 0.6) is 0 Å². The van der Waals surface area contributed by atoms with Gasteiger partial charge in [0.05, 0.1) is 18.7 Å². The number of carbonyl (C=O) groups excluding carboxylic acids is 2. The first-order chi connectivity index (χ1) is 14.0. The van der Waals surface area contributed by atoms with Crippen molar-refractivity contribution in [3.63, 3.8) is 0 Å². The SMILES string of the molecule is CCOC(=O)C[C@@H](c1ccc(F)cc1)C1CCN(C(=O)c2snnc2CC)CC1. The minimum atomic E-state index is -0.297. The Labute approximate surface area is 174 Å². The lowest BCUT2D eigenvalue weighted by molar-refractivity contribution is -0.144. The Morgan fingerprint density at radius 1 is 1.24 bits per heavy atom. The Morgan fingerprint density at radius 2 is 1.93 bits per heavy atom. The van der Waals surface area contributed by atoms with Crippen LogP contribution in [0.25, 0.3) is 0 Å². The van der Waals surface area contributed by atoms with E-state index in [1.807, 2.05) is 11.8 Å². The zero-order chi connectivity index (χ0) is 20.8. The molecule has 1 fully saturated rings. The first-order valence-corrected chi connectivity index (χ1v) is 10.8. The molecule has 2 heterocycles. The molecule has 6 nitrogen and oxygen atoms in total. The van der Waals surface area contributed by atoms with Gasteiger partial charge in [-0.3, -0.25) is 9.59 Å². The Balaban J connectivity index is 1.70. The highest BCUT2D eigenvalue weighted by atomic mass is 32.1. The van der Waals surface area contributed by atoms with Gasteiger partial charge in [0.1, 0.15) is 10.7 Å². The van der Waals surface area contributed by atoms with Crippen molar-refractivity contribution in [3.05, 3.63) is 46.2 Å². The standard InChI is InChI=1S/C21H26FN3O3S/c1-3-18-20(29-24-23-18)21(27)25-11-9-15(10-12-25)17(13-19(26)28-4-2)14-5-7-16(22)8-6-14/h5-8,15,17H,3-4,9-13H2,1-2H3/t17-/m0/s1. The van der Waals surface area contributed by atoms with Gasteiger partial charge in [-0.05, 0) is 67.3 Å². The maximum absolute atomic E-state index is 13.4. The molecule has 2 aromatic rings. The number of carbonyl (C=O) groups is 2. The van der Waals surface area contributed by atoms with Gasteiger partial charge in [-0.1, -0.05) is 23.5 Å². The van der Waals surface area contributed by atoms with Crippen molar-refractivity contribution in [3.8, 4) is 0 Å². The van der Waals surface area contributed by atoms with Gasteiger partial charge in [-0.15, -0.1) is 5.10 Å². The van der Waals surface area contributed by atoms with E-state index in [-0.39, 0.29) is 36.0 Å². The van der Waals surface area contributed by atoms with Crippen LogP contribution in [-0.4, -0.2) is 46.1 Å². The van der Waals surface area contributed by atoms with Crippen LogP contribution in [-0.2, 0) is 16.0 Å². The van der Waals surface area contributed by atoms with E-state index in [1.165, 1.54) is 12.1 Å². The largest absolute Gasteiger partial charge is 0.466 e. The van der Waals surface area contributed by atoms with Crippen LogP contribution in [0.4, 0.5) is 4.39 Å². The van der Waals surface area contributed by atoms with Crippen molar-refractivity contribution in [1.82, 2.24) is 14.5 Å². The number of hydrogen-bond donors (Lipinski definition) is 0. The predicted octanol–water partition coefficient (Wildman–Crippen LogP) is 3.83. The number of esters is 1. The van der Waals surface area contributed by atoms with Crippen LogP contribution in [0.2, 0.25) is 0 Å². The smallest absolute Gasteiger partial charge is 0.306 e. The second-order valence-electron chi connectivity index (χ2n) is 7.20. The maximum Gasteiger partial charge on any atom is 0.306 e. The third kappa shape index (κ3) is 5.18. The van der Waals surface area contributed by atoms with E-state index < -0.39 is 0 Å². The second kappa shape index (κ2) is 9.91. The number of aromatic nitrogens is 2. The van der Waals surface area contributed by atoms with Crippen LogP contribution < -0.4 is 0 Å².